The number of nitrogens with zero attached hydrogens (tertiary/aromatic N) is 3. The van der Waals surface area contributed by atoms with Gasteiger partial charge in [0.2, 0.25) is 5.95 Å². The topological polar surface area (TPSA) is 91.1 Å². The van der Waals surface area contributed by atoms with Gasteiger partial charge in [0.05, 0.1) is 19.3 Å². The number of aromatic nitrogens is 2. The first-order chi connectivity index (χ1) is 7.30. The Hall–Kier alpha value is -1.71. The maximum Gasteiger partial charge on any atom is 0.224 e. The second-order valence-corrected chi connectivity index (χ2v) is 2.86. The van der Waals surface area contributed by atoms with E-state index in [1.54, 1.807) is 0 Å². The summed E-state index contributed by atoms with van der Waals surface area (Å²) in [6.07, 6.45) is 1.48. The van der Waals surface area contributed by atoms with Crippen LogP contribution in [0.1, 0.15) is 5.69 Å². The van der Waals surface area contributed by atoms with Crippen molar-refractivity contribution in [3.63, 3.8) is 0 Å². The Morgan fingerprint density at radius 1 is 1.73 bits per heavy atom. The van der Waals surface area contributed by atoms with Crippen molar-refractivity contribution in [1.82, 2.24) is 9.97 Å². The van der Waals surface area contributed by atoms with Crippen LogP contribution in [0.5, 0.6) is 0 Å². The summed E-state index contributed by atoms with van der Waals surface area (Å²) in [5.41, 5.74) is 0.279. The standard InChI is InChI=1S/C9H12N4O2/c1-15-6-8(5-14)13-9-11-3-2-7(4-10)12-9/h2-3,8,14H,5-6H2,1H3,(H,11,12,13). The number of methoxy groups -OCH3 is 1. The predicted octanol–water partition coefficient (Wildman–Crippen LogP) is -0.233. The van der Waals surface area contributed by atoms with Crippen LogP contribution < -0.4 is 5.32 Å². The van der Waals surface area contributed by atoms with Gasteiger partial charge in [0.1, 0.15) is 11.8 Å². The third-order valence-corrected chi connectivity index (χ3v) is 1.69. The lowest BCUT2D eigenvalue weighted by atomic mass is 10.3. The van der Waals surface area contributed by atoms with Crippen LogP contribution in [-0.4, -0.2) is 41.4 Å². The summed E-state index contributed by atoms with van der Waals surface area (Å²) in [6.45, 7) is 0.255. The van der Waals surface area contributed by atoms with E-state index < -0.39 is 0 Å². The number of ether oxygens (including phenoxy) is 1. The number of aliphatic hydroxyl groups is 1. The Balaban J connectivity index is 2.66. The van der Waals surface area contributed by atoms with E-state index in [-0.39, 0.29) is 18.3 Å². The number of nitriles is 1. The van der Waals surface area contributed by atoms with Crippen LogP contribution in [0.2, 0.25) is 0 Å². The van der Waals surface area contributed by atoms with Crippen molar-refractivity contribution >= 4 is 5.95 Å². The molecule has 1 aromatic rings. The van der Waals surface area contributed by atoms with Crippen LogP contribution in [-0.2, 0) is 4.74 Å². The first-order valence-corrected chi connectivity index (χ1v) is 4.39. The third-order valence-electron chi connectivity index (χ3n) is 1.69. The molecule has 1 aromatic heterocycles. The maximum atomic E-state index is 8.98. The largest absolute Gasteiger partial charge is 0.394 e. The number of rotatable bonds is 5. The number of aliphatic hydroxyl groups excluding tert-OH is 1. The Bertz CT molecular complexity index is 350. The molecule has 6 heteroatoms. The molecule has 80 valence electrons. The summed E-state index contributed by atoms with van der Waals surface area (Å²) in [4.78, 5) is 7.83. The van der Waals surface area contributed by atoms with Gasteiger partial charge in [-0.2, -0.15) is 5.26 Å². The zero-order chi connectivity index (χ0) is 11.1. The van der Waals surface area contributed by atoms with Crippen LogP contribution in [0.3, 0.4) is 0 Å². The first-order valence-electron chi connectivity index (χ1n) is 4.39. The minimum absolute atomic E-state index is 0.0893. The van der Waals surface area contributed by atoms with Crippen molar-refractivity contribution in [2.75, 3.05) is 25.6 Å². The molecule has 6 nitrogen and oxygen atoms in total. The van der Waals surface area contributed by atoms with Gasteiger partial charge in [-0.15, -0.1) is 0 Å². The van der Waals surface area contributed by atoms with Gasteiger partial charge in [-0.3, -0.25) is 0 Å². The van der Waals surface area contributed by atoms with E-state index in [2.05, 4.69) is 15.3 Å². The lowest BCUT2D eigenvalue weighted by molar-refractivity contribution is 0.153. The molecule has 2 N–H and O–H groups in total. The first kappa shape index (κ1) is 11.4. The molecule has 0 spiro atoms. The highest BCUT2D eigenvalue weighted by Gasteiger charge is 2.08. The van der Waals surface area contributed by atoms with Crippen LogP contribution in [0, 0.1) is 11.3 Å². The summed E-state index contributed by atoms with van der Waals surface area (Å²) >= 11 is 0. The fourth-order valence-electron chi connectivity index (χ4n) is 1.01. The SMILES string of the molecule is COCC(CO)Nc1nccc(C#N)n1. The van der Waals surface area contributed by atoms with Crippen LogP contribution in [0.15, 0.2) is 12.3 Å². The Labute approximate surface area is 87.5 Å². The Kier molecular flexibility index (Phi) is 4.47. The lowest BCUT2D eigenvalue weighted by Gasteiger charge is -2.14. The molecule has 0 aliphatic heterocycles. The second kappa shape index (κ2) is 5.90. The average molecular weight is 208 g/mol. The van der Waals surface area contributed by atoms with E-state index in [0.29, 0.717) is 12.6 Å². The minimum Gasteiger partial charge on any atom is -0.394 e. The smallest absolute Gasteiger partial charge is 0.224 e. The Morgan fingerprint density at radius 2 is 2.53 bits per heavy atom. The van der Waals surface area contributed by atoms with Crippen LogP contribution in [0.4, 0.5) is 5.95 Å². The van der Waals surface area contributed by atoms with E-state index in [9.17, 15) is 0 Å². The number of anilines is 1. The number of hydrogen-bond acceptors (Lipinski definition) is 6. The highest BCUT2D eigenvalue weighted by molar-refractivity contribution is 5.31. The summed E-state index contributed by atoms with van der Waals surface area (Å²) in [5, 5.41) is 20.5. The van der Waals surface area contributed by atoms with E-state index in [1.165, 1.54) is 19.4 Å². The molecule has 0 aliphatic rings. The molecule has 0 saturated carbocycles. The van der Waals surface area contributed by atoms with Crippen molar-refractivity contribution in [2.45, 2.75) is 6.04 Å². The molecule has 1 rings (SSSR count). The van der Waals surface area contributed by atoms with Crippen molar-refractivity contribution < 1.29 is 9.84 Å². The zero-order valence-electron chi connectivity index (χ0n) is 8.34. The monoisotopic (exact) mass is 208 g/mol. The summed E-state index contributed by atoms with van der Waals surface area (Å²) in [7, 11) is 1.54. The van der Waals surface area contributed by atoms with Gasteiger partial charge in [0.25, 0.3) is 0 Å². The average Bonchev–Trinajstić information content (AvgIpc) is 2.29. The predicted molar refractivity (Wildman–Crippen MR) is 53.1 cm³/mol. The fourth-order valence-corrected chi connectivity index (χ4v) is 1.01. The maximum absolute atomic E-state index is 8.98. The van der Waals surface area contributed by atoms with Gasteiger partial charge in [-0.1, -0.05) is 0 Å². The van der Waals surface area contributed by atoms with Crippen molar-refractivity contribution in [1.29, 1.82) is 5.26 Å². The van der Waals surface area contributed by atoms with Crippen LogP contribution in [0.25, 0.3) is 0 Å². The molecule has 0 aliphatic carbocycles. The van der Waals surface area contributed by atoms with Gasteiger partial charge >= 0.3 is 0 Å². The van der Waals surface area contributed by atoms with Crippen molar-refractivity contribution in [3.05, 3.63) is 18.0 Å². The van der Waals surface area contributed by atoms with E-state index in [1.807, 2.05) is 6.07 Å². The summed E-state index contributed by atoms with van der Waals surface area (Å²) in [5.74, 6) is 0.310. The molecule has 0 bridgehead atoms. The molecular weight excluding hydrogens is 196 g/mol. The third kappa shape index (κ3) is 3.50. The summed E-state index contributed by atoms with van der Waals surface area (Å²) in [6, 6.07) is 3.14. The number of hydrogen-bond donors (Lipinski definition) is 2. The zero-order valence-corrected chi connectivity index (χ0v) is 8.34. The fraction of sp³-hybridized carbons (Fsp3) is 0.444. The molecule has 0 saturated heterocycles. The van der Waals surface area contributed by atoms with E-state index in [0.717, 1.165) is 0 Å². The second-order valence-electron chi connectivity index (χ2n) is 2.86. The van der Waals surface area contributed by atoms with Gasteiger partial charge in [-0.25, -0.2) is 9.97 Å². The lowest BCUT2D eigenvalue weighted by Crippen LogP contribution is -2.29. The molecule has 0 amide bonds. The highest BCUT2D eigenvalue weighted by Crippen LogP contribution is 2.01. The van der Waals surface area contributed by atoms with Gasteiger partial charge in [-0.05, 0) is 6.07 Å². The van der Waals surface area contributed by atoms with Gasteiger partial charge in [0, 0.05) is 13.3 Å². The van der Waals surface area contributed by atoms with Crippen molar-refractivity contribution in [3.8, 4) is 6.07 Å². The quantitative estimate of drug-likeness (QED) is 0.694. The molecular formula is C9H12N4O2. The number of nitrogens with one attached hydrogen (secondary N) is 1. The molecule has 1 unspecified atom stereocenters. The van der Waals surface area contributed by atoms with Crippen molar-refractivity contribution in [2.24, 2.45) is 0 Å². The highest BCUT2D eigenvalue weighted by atomic mass is 16.5. The van der Waals surface area contributed by atoms with Gasteiger partial charge < -0.3 is 15.2 Å². The molecule has 1 heterocycles. The molecule has 0 radical (unpaired) electrons. The molecule has 0 aromatic carbocycles. The summed E-state index contributed by atoms with van der Waals surface area (Å²) < 4.78 is 4.88. The van der Waals surface area contributed by atoms with E-state index >= 15 is 0 Å². The Morgan fingerprint density at radius 3 is 3.13 bits per heavy atom. The van der Waals surface area contributed by atoms with E-state index in [4.69, 9.17) is 15.1 Å². The minimum atomic E-state index is -0.274. The molecule has 15 heavy (non-hydrogen) atoms. The van der Waals surface area contributed by atoms with Gasteiger partial charge in [0.15, 0.2) is 0 Å². The molecule has 0 fully saturated rings. The normalized spacial score (nSPS) is 11.8. The molecule has 1 atom stereocenters. The van der Waals surface area contributed by atoms with Crippen LogP contribution >= 0.6 is 0 Å².